The van der Waals surface area contributed by atoms with Crippen molar-refractivity contribution in [2.75, 3.05) is 0 Å². The number of nitrogens with zero attached hydrogens (tertiary/aromatic N) is 1. The molecule has 2 aromatic carbocycles. The Morgan fingerprint density at radius 2 is 1.91 bits per heavy atom. The smallest absolute Gasteiger partial charge is 0.251 e. The quantitative estimate of drug-likeness (QED) is 0.775. The summed E-state index contributed by atoms with van der Waals surface area (Å²) < 4.78 is 0. The first-order valence-corrected chi connectivity index (χ1v) is 8.37. The number of aromatic nitrogens is 1. The maximum Gasteiger partial charge on any atom is 0.251 e. The van der Waals surface area contributed by atoms with Crippen molar-refractivity contribution in [3.05, 3.63) is 76.3 Å². The normalized spacial score (nSPS) is 10.5. The number of nitrogens with one attached hydrogen (secondary N) is 1. The van der Waals surface area contributed by atoms with Crippen LogP contribution in [0.1, 0.15) is 27.2 Å². The van der Waals surface area contributed by atoms with Crippen molar-refractivity contribution in [3.8, 4) is 10.6 Å². The maximum absolute atomic E-state index is 12.3. The third-order valence-corrected chi connectivity index (χ3v) is 4.57. The van der Waals surface area contributed by atoms with Crippen molar-refractivity contribution in [1.29, 1.82) is 0 Å². The first-order chi connectivity index (χ1) is 11.1. The van der Waals surface area contributed by atoms with E-state index in [1.165, 1.54) is 0 Å². The number of amides is 1. The van der Waals surface area contributed by atoms with Gasteiger partial charge in [0.2, 0.25) is 0 Å². The van der Waals surface area contributed by atoms with Crippen LogP contribution in [-0.4, -0.2) is 10.9 Å². The van der Waals surface area contributed by atoms with E-state index in [9.17, 15) is 4.79 Å². The molecule has 116 valence electrons. The standard InChI is InChI=1S/C19H18N2OS/c1-13-8-9-17(14(2)10-13)18(22)20-11-16-12-23-19(21-16)15-6-4-3-5-7-15/h3-10,12H,11H2,1-2H3,(H,20,22). The third kappa shape index (κ3) is 3.66. The van der Waals surface area contributed by atoms with Gasteiger partial charge in [0.15, 0.2) is 0 Å². The van der Waals surface area contributed by atoms with Gasteiger partial charge in [-0.15, -0.1) is 11.3 Å². The molecule has 0 aliphatic heterocycles. The van der Waals surface area contributed by atoms with Crippen molar-refractivity contribution in [1.82, 2.24) is 10.3 Å². The Balaban J connectivity index is 1.67. The number of rotatable bonds is 4. The van der Waals surface area contributed by atoms with Crippen LogP contribution in [0.15, 0.2) is 53.9 Å². The van der Waals surface area contributed by atoms with Gasteiger partial charge in [0, 0.05) is 16.5 Å². The second-order valence-corrected chi connectivity index (χ2v) is 6.37. The van der Waals surface area contributed by atoms with Crippen LogP contribution in [0, 0.1) is 13.8 Å². The average molecular weight is 322 g/mol. The van der Waals surface area contributed by atoms with Crippen LogP contribution >= 0.6 is 11.3 Å². The summed E-state index contributed by atoms with van der Waals surface area (Å²) >= 11 is 1.59. The first kappa shape index (κ1) is 15.4. The van der Waals surface area contributed by atoms with Crippen LogP contribution < -0.4 is 5.32 Å². The lowest BCUT2D eigenvalue weighted by molar-refractivity contribution is 0.0950. The molecule has 0 aliphatic rings. The van der Waals surface area contributed by atoms with Gasteiger partial charge in [0.1, 0.15) is 5.01 Å². The summed E-state index contributed by atoms with van der Waals surface area (Å²) in [5.74, 6) is -0.0586. The number of hydrogen-bond acceptors (Lipinski definition) is 3. The number of benzene rings is 2. The maximum atomic E-state index is 12.3. The highest BCUT2D eigenvalue weighted by atomic mass is 32.1. The van der Waals surface area contributed by atoms with E-state index in [4.69, 9.17) is 0 Å². The Bertz CT molecular complexity index is 824. The Kier molecular flexibility index (Phi) is 4.53. The van der Waals surface area contributed by atoms with Gasteiger partial charge >= 0.3 is 0 Å². The van der Waals surface area contributed by atoms with Crippen LogP contribution in [0.4, 0.5) is 0 Å². The molecule has 0 radical (unpaired) electrons. The van der Waals surface area contributed by atoms with Crippen LogP contribution in [-0.2, 0) is 6.54 Å². The number of thiazole rings is 1. The monoisotopic (exact) mass is 322 g/mol. The minimum absolute atomic E-state index is 0.0586. The molecule has 1 heterocycles. The molecule has 0 atom stereocenters. The topological polar surface area (TPSA) is 42.0 Å². The van der Waals surface area contributed by atoms with Crippen LogP contribution in [0.5, 0.6) is 0 Å². The summed E-state index contributed by atoms with van der Waals surface area (Å²) in [7, 11) is 0. The number of carbonyl (C=O) groups excluding carboxylic acids is 1. The summed E-state index contributed by atoms with van der Waals surface area (Å²) in [4.78, 5) is 16.9. The fourth-order valence-corrected chi connectivity index (χ4v) is 3.26. The van der Waals surface area contributed by atoms with E-state index in [2.05, 4.69) is 10.3 Å². The van der Waals surface area contributed by atoms with E-state index in [0.717, 1.165) is 27.4 Å². The molecule has 3 nitrogen and oxygen atoms in total. The van der Waals surface area contributed by atoms with E-state index < -0.39 is 0 Å². The van der Waals surface area contributed by atoms with Crippen molar-refractivity contribution >= 4 is 17.2 Å². The minimum Gasteiger partial charge on any atom is -0.346 e. The Labute approximate surface area is 140 Å². The molecule has 3 aromatic rings. The van der Waals surface area contributed by atoms with E-state index in [1.807, 2.05) is 67.8 Å². The summed E-state index contributed by atoms with van der Waals surface area (Å²) in [6.45, 7) is 4.42. The lowest BCUT2D eigenvalue weighted by atomic mass is 10.1. The van der Waals surface area contributed by atoms with E-state index in [1.54, 1.807) is 11.3 Å². The van der Waals surface area contributed by atoms with E-state index in [0.29, 0.717) is 12.1 Å². The number of carbonyl (C=O) groups is 1. The van der Waals surface area contributed by atoms with Gasteiger partial charge in [-0.2, -0.15) is 0 Å². The zero-order valence-electron chi connectivity index (χ0n) is 13.2. The SMILES string of the molecule is Cc1ccc(C(=O)NCc2csc(-c3ccccc3)n2)c(C)c1. The van der Waals surface area contributed by atoms with Gasteiger partial charge in [-0.3, -0.25) is 4.79 Å². The van der Waals surface area contributed by atoms with Gasteiger partial charge in [-0.1, -0.05) is 48.0 Å². The molecule has 0 bridgehead atoms. The fourth-order valence-electron chi connectivity index (χ4n) is 2.44. The van der Waals surface area contributed by atoms with Crippen LogP contribution in [0.25, 0.3) is 10.6 Å². The van der Waals surface area contributed by atoms with Crippen molar-refractivity contribution in [3.63, 3.8) is 0 Å². The predicted molar refractivity (Wildman–Crippen MR) is 94.6 cm³/mol. The third-order valence-electron chi connectivity index (χ3n) is 3.63. The zero-order valence-corrected chi connectivity index (χ0v) is 14.0. The lowest BCUT2D eigenvalue weighted by Gasteiger charge is -2.07. The fraction of sp³-hybridized carbons (Fsp3) is 0.158. The second-order valence-electron chi connectivity index (χ2n) is 5.51. The van der Waals surface area contributed by atoms with Crippen LogP contribution in [0.2, 0.25) is 0 Å². The molecule has 3 rings (SSSR count). The van der Waals surface area contributed by atoms with Gasteiger partial charge in [-0.25, -0.2) is 4.98 Å². The highest BCUT2D eigenvalue weighted by molar-refractivity contribution is 7.13. The second kappa shape index (κ2) is 6.75. The molecule has 0 fully saturated rings. The molecular weight excluding hydrogens is 304 g/mol. The van der Waals surface area contributed by atoms with Crippen molar-refractivity contribution < 1.29 is 4.79 Å². The summed E-state index contributed by atoms with van der Waals surface area (Å²) in [6.07, 6.45) is 0. The largest absolute Gasteiger partial charge is 0.346 e. The Morgan fingerprint density at radius 3 is 2.65 bits per heavy atom. The molecular formula is C19H18N2OS. The number of aryl methyl sites for hydroxylation is 2. The van der Waals surface area contributed by atoms with E-state index in [-0.39, 0.29) is 5.91 Å². The summed E-state index contributed by atoms with van der Waals surface area (Å²) in [5.41, 5.74) is 4.85. The first-order valence-electron chi connectivity index (χ1n) is 7.49. The molecule has 1 aromatic heterocycles. The summed E-state index contributed by atoms with van der Waals surface area (Å²) in [6, 6.07) is 15.9. The zero-order chi connectivity index (χ0) is 16.2. The van der Waals surface area contributed by atoms with Crippen molar-refractivity contribution in [2.45, 2.75) is 20.4 Å². The molecule has 0 spiro atoms. The molecule has 0 unspecified atom stereocenters. The van der Waals surface area contributed by atoms with Gasteiger partial charge in [0.25, 0.3) is 5.91 Å². The Hall–Kier alpha value is -2.46. The lowest BCUT2D eigenvalue weighted by Crippen LogP contribution is -2.23. The summed E-state index contributed by atoms with van der Waals surface area (Å²) in [5, 5.41) is 5.91. The molecule has 0 saturated heterocycles. The van der Waals surface area contributed by atoms with Gasteiger partial charge in [0.05, 0.1) is 12.2 Å². The molecule has 4 heteroatoms. The molecule has 0 aliphatic carbocycles. The van der Waals surface area contributed by atoms with Gasteiger partial charge < -0.3 is 5.32 Å². The van der Waals surface area contributed by atoms with Crippen LogP contribution in [0.3, 0.4) is 0 Å². The highest BCUT2D eigenvalue weighted by Gasteiger charge is 2.10. The van der Waals surface area contributed by atoms with Gasteiger partial charge in [-0.05, 0) is 25.5 Å². The van der Waals surface area contributed by atoms with E-state index >= 15 is 0 Å². The molecule has 1 amide bonds. The molecule has 23 heavy (non-hydrogen) atoms. The van der Waals surface area contributed by atoms with Crippen molar-refractivity contribution in [2.24, 2.45) is 0 Å². The Morgan fingerprint density at radius 1 is 1.13 bits per heavy atom. The molecule has 0 saturated carbocycles. The minimum atomic E-state index is -0.0586. The average Bonchev–Trinajstić information content (AvgIpc) is 3.02. The molecule has 1 N–H and O–H groups in total. The highest BCUT2D eigenvalue weighted by Crippen LogP contribution is 2.23. The number of hydrogen-bond donors (Lipinski definition) is 1. The predicted octanol–water partition coefficient (Wildman–Crippen LogP) is 4.36.